The summed E-state index contributed by atoms with van der Waals surface area (Å²) in [5.74, 6) is 0.974. The molecular weight excluding hydrogens is 399 g/mol. The number of fused-ring (bicyclic) bond motifs is 3. The number of hydrogen-bond donors (Lipinski definition) is 0. The first kappa shape index (κ1) is 24.4. The van der Waals surface area contributed by atoms with Crippen LogP contribution in [0, 0.1) is 5.82 Å². The van der Waals surface area contributed by atoms with Crippen LogP contribution >= 0.6 is 0 Å². The third-order valence-electron chi connectivity index (χ3n) is 6.16. The lowest BCUT2D eigenvalue weighted by molar-refractivity contribution is 0.291. The first-order valence-corrected chi connectivity index (χ1v) is 12.6. The van der Waals surface area contributed by atoms with E-state index in [1.807, 2.05) is 30.3 Å². The third-order valence-corrected chi connectivity index (χ3v) is 6.16. The lowest BCUT2D eigenvalue weighted by Gasteiger charge is -2.12. The predicted molar refractivity (Wildman–Crippen MR) is 135 cm³/mol. The number of unbranched alkanes of at least 4 members (excludes halogenated alkanes) is 9. The highest BCUT2D eigenvalue weighted by Gasteiger charge is 2.11. The van der Waals surface area contributed by atoms with Crippen molar-refractivity contribution in [1.82, 2.24) is 0 Å². The molecule has 0 atom stereocenters. The van der Waals surface area contributed by atoms with Gasteiger partial charge in [0.1, 0.15) is 5.75 Å². The van der Waals surface area contributed by atoms with Gasteiger partial charge in [-0.15, -0.1) is 0 Å². The Bertz CT molecular complexity index is 966. The first-order chi connectivity index (χ1) is 15.7. The van der Waals surface area contributed by atoms with Crippen LogP contribution < -0.4 is 9.47 Å². The van der Waals surface area contributed by atoms with Crippen molar-refractivity contribution in [3.63, 3.8) is 0 Å². The zero-order valence-corrected chi connectivity index (χ0v) is 19.9. The molecule has 0 saturated heterocycles. The molecule has 0 aliphatic carbocycles. The van der Waals surface area contributed by atoms with Crippen LogP contribution in [0.1, 0.15) is 84.5 Å². The zero-order chi connectivity index (χ0) is 22.6. The van der Waals surface area contributed by atoms with E-state index in [0.717, 1.165) is 47.8 Å². The highest BCUT2D eigenvalue weighted by Crippen LogP contribution is 2.33. The molecule has 2 nitrogen and oxygen atoms in total. The fourth-order valence-corrected chi connectivity index (χ4v) is 4.23. The Morgan fingerprint density at radius 2 is 1.19 bits per heavy atom. The summed E-state index contributed by atoms with van der Waals surface area (Å²) in [7, 11) is 0. The maximum Gasteiger partial charge on any atom is 0.172 e. The minimum Gasteiger partial charge on any atom is -0.494 e. The van der Waals surface area contributed by atoms with Crippen molar-refractivity contribution in [3.05, 3.63) is 48.3 Å². The van der Waals surface area contributed by atoms with Gasteiger partial charge in [0.25, 0.3) is 0 Å². The van der Waals surface area contributed by atoms with Crippen molar-refractivity contribution in [3.8, 4) is 11.5 Å². The van der Waals surface area contributed by atoms with Gasteiger partial charge in [0.05, 0.1) is 13.2 Å². The Balaban J connectivity index is 1.59. The van der Waals surface area contributed by atoms with Crippen LogP contribution in [0.5, 0.6) is 11.5 Å². The van der Waals surface area contributed by atoms with Gasteiger partial charge in [-0.1, -0.05) is 89.8 Å². The molecule has 0 radical (unpaired) electrons. The molecule has 174 valence electrons. The van der Waals surface area contributed by atoms with Gasteiger partial charge in [0, 0.05) is 5.39 Å². The number of rotatable bonds is 15. The van der Waals surface area contributed by atoms with Crippen LogP contribution in [0.25, 0.3) is 21.5 Å². The Kier molecular flexibility index (Phi) is 10.1. The van der Waals surface area contributed by atoms with Gasteiger partial charge in [-0.25, -0.2) is 4.39 Å². The summed E-state index contributed by atoms with van der Waals surface area (Å²) in [4.78, 5) is 0. The lowest BCUT2D eigenvalue weighted by Crippen LogP contribution is -2.00. The van der Waals surface area contributed by atoms with E-state index in [1.54, 1.807) is 6.07 Å². The molecule has 0 fully saturated rings. The molecule has 3 aromatic carbocycles. The summed E-state index contributed by atoms with van der Waals surface area (Å²) >= 11 is 0. The van der Waals surface area contributed by atoms with E-state index in [9.17, 15) is 0 Å². The topological polar surface area (TPSA) is 18.5 Å². The second-order valence-corrected chi connectivity index (χ2v) is 8.80. The molecule has 0 aliphatic heterocycles. The average Bonchev–Trinajstić information content (AvgIpc) is 2.81. The van der Waals surface area contributed by atoms with Gasteiger partial charge < -0.3 is 9.47 Å². The SMILES string of the molecule is CCCCCCCCCOc1ccc2c(ccc3cc(OCCCCCC)ccc32)c1F. The Hall–Kier alpha value is -2.29. The summed E-state index contributed by atoms with van der Waals surface area (Å²) in [6.07, 6.45) is 13.3. The van der Waals surface area contributed by atoms with E-state index in [2.05, 4.69) is 19.9 Å². The van der Waals surface area contributed by atoms with Crippen LogP contribution in [-0.2, 0) is 0 Å². The third kappa shape index (κ3) is 6.85. The molecule has 3 heteroatoms. The van der Waals surface area contributed by atoms with Crippen LogP contribution in [-0.4, -0.2) is 13.2 Å². The van der Waals surface area contributed by atoms with Gasteiger partial charge in [0.15, 0.2) is 11.6 Å². The molecule has 3 rings (SSSR count). The number of benzene rings is 3. The largest absolute Gasteiger partial charge is 0.494 e. The maximum atomic E-state index is 15.1. The quantitative estimate of drug-likeness (QED) is 0.174. The monoisotopic (exact) mass is 438 g/mol. The molecular formula is C29H39FO2. The van der Waals surface area contributed by atoms with Crippen LogP contribution in [0.15, 0.2) is 42.5 Å². The van der Waals surface area contributed by atoms with Crippen LogP contribution in [0.2, 0.25) is 0 Å². The fourth-order valence-electron chi connectivity index (χ4n) is 4.23. The van der Waals surface area contributed by atoms with Gasteiger partial charge in [-0.3, -0.25) is 0 Å². The summed E-state index contributed by atoms with van der Waals surface area (Å²) in [6.45, 7) is 5.76. The molecule has 0 heterocycles. The van der Waals surface area contributed by atoms with Crippen molar-refractivity contribution >= 4 is 21.5 Å². The van der Waals surface area contributed by atoms with Crippen LogP contribution in [0.4, 0.5) is 4.39 Å². The van der Waals surface area contributed by atoms with E-state index in [0.29, 0.717) is 17.7 Å². The maximum absolute atomic E-state index is 15.1. The van der Waals surface area contributed by atoms with Crippen LogP contribution in [0.3, 0.4) is 0 Å². The van der Waals surface area contributed by atoms with Crippen molar-refractivity contribution in [2.75, 3.05) is 13.2 Å². The first-order valence-electron chi connectivity index (χ1n) is 12.6. The summed E-state index contributed by atoms with van der Waals surface area (Å²) in [5, 5.41) is 3.64. The zero-order valence-electron chi connectivity index (χ0n) is 19.9. The summed E-state index contributed by atoms with van der Waals surface area (Å²) in [6, 6.07) is 13.7. The number of halogens is 1. The van der Waals surface area contributed by atoms with E-state index < -0.39 is 0 Å². The van der Waals surface area contributed by atoms with Crippen molar-refractivity contribution in [2.45, 2.75) is 84.5 Å². The summed E-state index contributed by atoms with van der Waals surface area (Å²) in [5.41, 5.74) is 0. The van der Waals surface area contributed by atoms with Gasteiger partial charge in [-0.05, 0) is 53.3 Å². The van der Waals surface area contributed by atoms with E-state index in [1.165, 1.54) is 51.4 Å². The lowest BCUT2D eigenvalue weighted by atomic mass is 10.0. The normalized spacial score (nSPS) is 11.3. The Morgan fingerprint density at radius 1 is 0.594 bits per heavy atom. The molecule has 0 unspecified atom stereocenters. The van der Waals surface area contributed by atoms with Gasteiger partial charge in [-0.2, -0.15) is 0 Å². The second kappa shape index (κ2) is 13.3. The minimum atomic E-state index is -0.261. The van der Waals surface area contributed by atoms with E-state index in [-0.39, 0.29) is 5.82 Å². The molecule has 0 aromatic heterocycles. The highest BCUT2D eigenvalue weighted by atomic mass is 19.1. The van der Waals surface area contributed by atoms with Crippen molar-refractivity contribution in [1.29, 1.82) is 0 Å². The Morgan fingerprint density at radius 3 is 1.94 bits per heavy atom. The molecule has 0 N–H and O–H groups in total. The average molecular weight is 439 g/mol. The van der Waals surface area contributed by atoms with Crippen molar-refractivity contribution < 1.29 is 13.9 Å². The van der Waals surface area contributed by atoms with Gasteiger partial charge in [0.2, 0.25) is 0 Å². The summed E-state index contributed by atoms with van der Waals surface area (Å²) < 4.78 is 26.8. The van der Waals surface area contributed by atoms with Gasteiger partial charge >= 0.3 is 0 Å². The molecule has 0 bridgehead atoms. The molecule has 0 spiro atoms. The molecule has 0 aliphatic rings. The number of ether oxygens (including phenoxy) is 2. The molecule has 3 aromatic rings. The molecule has 0 amide bonds. The smallest absolute Gasteiger partial charge is 0.172 e. The number of hydrogen-bond acceptors (Lipinski definition) is 2. The highest BCUT2D eigenvalue weighted by molar-refractivity contribution is 6.08. The van der Waals surface area contributed by atoms with E-state index >= 15 is 4.39 Å². The molecule has 32 heavy (non-hydrogen) atoms. The minimum absolute atomic E-state index is 0.261. The molecule has 0 saturated carbocycles. The second-order valence-electron chi connectivity index (χ2n) is 8.80. The van der Waals surface area contributed by atoms with Crippen molar-refractivity contribution in [2.24, 2.45) is 0 Å². The standard InChI is InChI=1S/C29H39FO2/c1-3-5-7-9-10-11-13-21-32-28-19-18-26-25-17-15-24(31-20-12-8-6-4-2)22-23(25)14-16-27(26)29(28)30/h14-19,22H,3-13,20-21H2,1-2H3. The fraction of sp³-hybridized carbons (Fsp3) is 0.517. The van der Waals surface area contributed by atoms with E-state index in [4.69, 9.17) is 9.47 Å². The predicted octanol–water partition coefficient (Wildman–Crippen LogP) is 9.22. The Labute approximate surface area is 193 Å².